The molecular weight excluding hydrogens is 663 g/mol. The van der Waals surface area contributed by atoms with Crippen LogP contribution in [0.2, 0.25) is 0 Å². The molecule has 10 aromatic rings. The average molecular weight is 694 g/mol. The second kappa shape index (κ2) is 13.1. The molecule has 3 nitrogen and oxygen atoms in total. The van der Waals surface area contributed by atoms with Crippen molar-refractivity contribution in [3.8, 4) is 67.4 Å². The maximum absolute atomic E-state index is 5.40. The molecule has 0 aliphatic rings. The molecule has 0 atom stereocenters. The van der Waals surface area contributed by atoms with Crippen LogP contribution in [0, 0.1) is 0 Å². The molecule has 0 radical (unpaired) electrons. The van der Waals surface area contributed by atoms with Crippen molar-refractivity contribution in [1.29, 1.82) is 0 Å². The third-order valence-corrected chi connectivity index (χ3v) is 11.1. The molecule has 3 aromatic heterocycles. The number of hydrogen-bond donors (Lipinski definition) is 0. The third-order valence-electron chi connectivity index (χ3n) is 9.92. The summed E-state index contributed by atoms with van der Waals surface area (Å²) in [5.41, 5.74) is 12.6. The zero-order valence-corrected chi connectivity index (χ0v) is 29.5. The van der Waals surface area contributed by atoms with E-state index in [9.17, 15) is 0 Å². The van der Waals surface area contributed by atoms with Crippen molar-refractivity contribution >= 4 is 42.4 Å². The number of rotatable bonds is 6. The van der Waals surface area contributed by atoms with Gasteiger partial charge >= 0.3 is 0 Å². The Morgan fingerprint density at radius 1 is 0.358 bits per heavy atom. The van der Waals surface area contributed by atoms with Crippen molar-refractivity contribution in [2.45, 2.75) is 0 Å². The highest BCUT2D eigenvalue weighted by Gasteiger charge is 2.19. The van der Waals surface area contributed by atoms with Gasteiger partial charge in [0.1, 0.15) is 0 Å². The molecule has 0 fully saturated rings. The molecule has 0 N–H and O–H groups in total. The zero-order valence-electron chi connectivity index (χ0n) is 28.6. The molecule has 0 spiro atoms. The molecular formula is C49H31N3S. The fraction of sp³-hybridized carbons (Fsp3) is 0. The Bertz CT molecular complexity index is 2900. The molecule has 4 heteroatoms. The van der Waals surface area contributed by atoms with Gasteiger partial charge in [-0.25, -0.2) is 15.0 Å². The summed E-state index contributed by atoms with van der Waals surface area (Å²) in [5, 5.41) is 3.62. The van der Waals surface area contributed by atoms with Crippen LogP contribution < -0.4 is 0 Å². The minimum Gasteiger partial charge on any atom is -0.247 e. The minimum absolute atomic E-state index is 0.685. The van der Waals surface area contributed by atoms with Gasteiger partial charge in [0, 0.05) is 47.8 Å². The van der Waals surface area contributed by atoms with Crippen molar-refractivity contribution in [2.75, 3.05) is 0 Å². The number of nitrogens with zero attached hydrogens (tertiary/aromatic N) is 3. The van der Waals surface area contributed by atoms with Gasteiger partial charge in [0.15, 0.2) is 5.82 Å². The van der Waals surface area contributed by atoms with Gasteiger partial charge in [-0.1, -0.05) is 170 Å². The summed E-state index contributed by atoms with van der Waals surface area (Å²) in [6.45, 7) is 0. The predicted octanol–water partition coefficient (Wildman–Crippen LogP) is 13.4. The zero-order chi connectivity index (χ0) is 35.1. The summed E-state index contributed by atoms with van der Waals surface area (Å²) in [7, 11) is 0. The Labute approximate surface area is 311 Å². The van der Waals surface area contributed by atoms with Gasteiger partial charge in [-0.2, -0.15) is 0 Å². The van der Waals surface area contributed by atoms with E-state index in [1.165, 1.54) is 47.8 Å². The van der Waals surface area contributed by atoms with Gasteiger partial charge < -0.3 is 0 Å². The fourth-order valence-electron chi connectivity index (χ4n) is 7.29. The van der Waals surface area contributed by atoms with Crippen LogP contribution in [-0.4, -0.2) is 15.0 Å². The molecule has 0 bridgehead atoms. The Morgan fingerprint density at radius 3 is 1.58 bits per heavy atom. The minimum atomic E-state index is 0.685. The number of fused-ring (bicyclic) bond motifs is 5. The van der Waals surface area contributed by atoms with E-state index >= 15 is 0 Å². The van der Waals surface area contributed by atoms with Gasteiger partial charge in [-0.15, -0.1) is 11.3 Å². The summed E-state index contributed by atoms with van der Waals surface area (Å²) in [6.07, 6.45) is 0. The van der Waals surface area contributed by atoms with E-state index in [0.29, 0.717) is 5.82 Å². The lowest BCUT2D eigenvalue weighted by molar-refractivity contribution is 1.18. The highest BCUT2D eigenvalue weighted by molar-refractivity contribution is 7.26. The van der Waals surface area contributed by atoms with Crippen molar-refractivity contribution < 1.29 is 0 Å². The first kappa shape index (κ1) is 31.0. The van der Waals surface area contributed by atoms with Crippen LogP contribution in [0.1, 0.15) is 0 Å². The highest BCUT2D eigenvalue weighted by atomic mass is 32.1. The van der Waals surface area contributed by atoms with Crippen LogP contribution in [-0.2, 0) is 0 Å². The van der Waals surface area contributed by atoms with Gasteiger partial charge in [0.2, 0.25) is 0 Å². The Kier molecular flexibility index (Phi) is 7.67. The van der Waals surface area contributed by atoms with Crippen LogP contribution >= 0.6 is 11.3 Å². The maximum Gasteiger partial charge on any atom is 0.160 e. The van der Waals surface area contributed by atoms with Crippen molar-refractivity contribution in [3.63, 3.8) is 0 Å². The van der Waals surface area contributed by atoms with Crippen LogP contribution in [0.5, 0.6) is 0 Å². The first-order valence-corrected chi connectivity index (χ1v) is 18.6. The molecule has 0 unspecified atom stereocenters. The molecule has 3 heterocycles. The quantitative estimate of drug-likeness (QED) is 0.174. The van der Waals surface area contributed by atoms with E-state index in [0.717, 1.165) is 44.9 Å². The van der Waals surface area contributed by atoms with Crippen molar-refractivity contribution in [3.05, 3.63) is 188 Å². The highest BCUT2D eigenvalue weighted by Crippen LogP contribution is 2.45. The average Bonchev–Trinajstić information content (AvgIpc) is 3.64. The van der Waals surface area contributed by atoms with E-state index in [1.54, 1.807) is 0 Å². The number of aromatic nitrogens is 3. The SMILES string of the molecule is c1ccc(-c2ccc(-c3cc(-c4ccccc4)nc(-c4ccc(-c5nc6cccc(-c7ccccc7)c6c6sc7ccccc7c56)cc4)n3)cc2)cc1. The predicted molar refractivity (Wildman–Crippen MR) is 223 cm³/mol. The van der Waals surface area contributed by atoms with Crippen molar-refractivity contribution in [1.82, 2.24) is 15.0 Å². The van der Waals surface area contributed by atoms with Crippen LogP contribution in [0.15, 0.2) is 188 Å². The van der Waals surface area contributed by atoms with Crippen LogP contribution in [0.3, 0.4) is 0 Å². The van der Waals surface area contributed by atoms with Gasteiger partial charge in [0.25, 0.3) is 0 Å². The largest absolute Gasteiger partial charge is 0.247 e. The number of pyridine rings is 1. The second-order valence-electron chi connectivity index (χ2n) is 13.2. The van der Waals surface area contributed by atoms with E-state index in [2.05, 4.69) is 176 Å². The maximum atomic E-state index is 5.40. The van der Waals surface area contributed by atoms with Gasteiger partial charge in [-0.3, -0.25) is 0 Å². The van der Waals surface area contributed by atoms with Crippen molar-refractivity contribution in [2.24, 2.45) is 0 Å². The summed E-state index contributed by atoms with van der Waals surface area (Å²) >= 11 is 1.85. The Hall–Kier alpha value is -6.75. The standard InChI is InChI=1S/C49H31N3S/c1-4-13-32(14-5-1)33-23-25-36(26-24-33)43-31-42(35-17-8-3-9-18-35)51-49(52-43)38-29-27-37(28-30-38)47-46-40-19-10-11-22-44(40)53-48(46)45-39(20-12-21-41(45)50-47)34-15-6-2-7-16-34/h1-31H. The van der Waals surface area contributed by atoms with Gasteiger partial charge in [0.05, 0.1) is 22.6 Å². The molecule has 0 amide bonds. The Balaban J connectivity index is 1.10. The number of hydrogen-bond acceptors (Lipinski definition) is 4. The first-order chi connectivity index (χ1) is 26.3. The molecule has 53 heavy (non-hydrogen) atoms. The van der Waals surface area contributed by atoms with E-state index < -0.39 is 0 Å². The van der Waals surface area contributed by atoms with E-state index in [-0.39, 0.29) is 0 Å². The lowest BCUT2D eigenvalue weighted by Gasteiger charge is -2.12. The lowest BCUT2D eigenvalue weighted by Crippen LogP contribution is -1.96. The topological polar surface area (TPSA) is 38.7 Å². The molecule has 0 aliphatic heterocycles. The normalized spacial score (nSPS) is 11.4. The fourth-order valence-corrected chi connectivity index (χ4v) is 8.57. The van der Waals surface area contributed by atoms with Crippen LogP contribution in [0.25, 0.3) is 98.5 Å². The van der Waals surface area contributed by atoms with E-state index in [4.69, 9.17) is 15.0 Å². The molecule has 248 valence electrons. The summed E-state index contributed by atoms with van der Waals surface area (Å²) in [5.74, 6) is 0.685. The molecule has 0 saturated carbocycles. The monoisotopic (exact) mass is 693 g/mol. The first-order valence-electron chi connectivity index (χ1n) is 17.8. The van der Waals surface area contributed by atoms with Gasteiger partial charge in [-0.05, 0) is 40.5 Å². The number of benzene rings is 7. The summed E-state index contributed by atoms with van der Waals surface area (Å²) in [4.78, 5) is 15.6. The molecule has 0 saturated heterocycles. The lowest BCUT2D eigenvalue weighted by atomic mass is 9.96. The molecule has 7 aromatic carbocycles. The summed E-state index contributed by atoms with van der Waals surface area (Å²) < 4.78 is 2.52. The molecule has 10 rings (SSSR count). The smallest absolute Gasteiger partial charge is 0.160 e. The Morgan fingerprint density at radius 2 is 0.887 bits per heavy atom. The van der Waals surface area contributed by atoms with Crippen LogP contribution in [0.4, 0.5) is 0 Å². The second-order valence-corrected chi connectivity index (χ2v) is 14.2. The molecule has 0 aliphatic carbocycles. The number of thiophene rings is 1. The third kappa shape index (κ3) is 5.66. The van der Waals surface area contributed by atoms with E-state index in [1.807, 2.05) is 23.5 Å². The summed E-state index contributed by atoms with van der Waals surface area (Å²) in [6, 6.07) is 65.9.